The van der Waals surface area contributed by atoms with Gasteiger partial charge >= 0.3 is 0 Å². The predicted molar refractivity (Wildman–Crippen MR) is 82.6 cm³/mol. The molecule has 3 saturated carbocycles. The number of rotatable bonds is 0. The summed E-state index contributed by atoms with van der Waals surface area (Å²) >= 11 is 0. The van der Waals surface area contributed by atoms with Gasteiger partial charge in [0.2, 0.25) is 0 Å². The molecule has 2 unspecified atom stereocenters. The Bertz CT molecular complexity index is 496. The molecule has 4 aliphatic rings. The van der Waals surface area contributed by atoms with E-state index in [1.807, 2.05) is 6.08 Å². The van der Waals surface area contributed by atoms with Crippen molar-refractivity contribution in [2.24, 2.45) is 34.5 Å². The summed E-state index contributed by atoms with van der Waals surface area (Å²) < 4.78 is 0. The van der Waals surface area contributed by atoms with Crippen LogP contribution in [0.2, 0.25) is 0 Å². The number of hydrogen-bond acceptors (Lipinski definition) is 2. The number of allylic oxidation sites excluding steroid dienone is 2. The highest BCUT2D eigenvalue weighted by molar-refractivity contribution is 5.91. The highest BCUT2D eigenvalue weighted by Gasteiger charge is 2.59. The first-order valence-electron chi connectivity index (χ1n) is 8.85. The van der Waals surface area contributed by atoms with Crippen LogP contribution in [0.1, 0.15) is 58.8 Å². The first-order chi connectivity index (χ1) is 9.95. The van der Waals surface area contributed by atoms with E-state index in [0.29, 0.717) is 17.6 Å². The van der Waals surface area contributed by atoms with Gasteiger partial charge in [-0.3, -0.25) is 4.79 Å². The largest absolute Gasteiger partial charge is 0.393 e. The Hall–Kier alpha value is -0.630. The van der Waals surface area contributed by atoms with E-state index in [-0.39, 0.29) is 16.9 Å². The van der Waals surface area contributed by atoms with Crippen molar-refractivity contribution in [3.63, 3.8) is 0 Å². The lowest BCUT2D eigenvalue weighted by Gasteiger charge is -2.58. The number of ketones is 1. The Labute approximate surface area is 128 Å². The molecule has 0 spiro atoms. The van der Waals surface area contributed by atoms with Crippen molar-refractivity contribution in [2.75, 3.05) is 0 Å². The second-order valence-corrected chi connectivity index (χ2v) is 8.66. The lowest BCUT2D eigenvalue weighted by molar-refractivity contribution is -0.123. The van der Waals surface area contributed by atoms with Crippen LogP contribution < -0.4 is 0 Å². The molecule has 0 bridgehead atoms. The molecule has 2 heteroatoms. The molecule has 0 radical (unpaired) electrons. The second-order valence-electron chi connectivity index (χ2n) is 8.66. The smallest absolute Gasteiger partial charge is 0.155 e. The number of aliphatic hydroxyl groups is 1. The molecule has 7 atom stereocenters. The number of fused-ring (bicyclic) bond motifs is 5. The molecule has 0 heterocycles. The van der Waals surface area contributed by atoms with E-state index in [9.17, 15) is 9.90 Å². The normalized spacial score (nSPS) is 55.8. The van der Waals surface area contributed by atoms with Gasteiger partial charge in [0.05, 0.1) is 6.10 Å². The van der Waals surface area contributed by atoms with Crippen LogP contribution in [-0.4, -0.2) is 17.0 Å². The molecule has 0 aliphatic heterocycles. The Morgan fingerprint density at radius 2 is 1.90 bits per heavy atom. The Morgan fingerprint density at radius 1 is 1.10 bits per heavy atom. The summed E-state index contributed by atoms with van der Waals surface area (Å²) in [5, 5.41) is 10.4. The van der Waals surface area contributed by atoms with E-state index in [4.69, 9.17) is 0 Å². The number of carbonyl (C=O) groups is 1. The molecular formula is C19H28O2. The summed E-state index contributed by atoms with van der Waals surface area (Å²) in [4.78, 5) is 11.8. The molecule has 0 saturated heterocycles. The summed E-state index contributed by atoms with van der Waals surface area (Å²) in [7, 11) is 0. The molecule has 0 amide bonds. The molecule has 0 aromatic heterocycles. The van der Waals surface area contributed by atoms with Crippen LogP contribution in [0, 0.1) is 34.5 Å². The van der Waals surface area contributed by atoms with Crippen LogP contribution in [0.15, 0.2) is 12.2 Å². The first-order valence-corrected chi connectivity index (χ1v) is 8.85. The van der Waals surface area contributed by atoms with Gasteiger partial charge in [0.25, 0.3) is 0 Å². The van der Waals surface area contributed by atoms with Crippen molar-refractivity contribution in [2.45, 2.75) is 64.9 Å². The van der Waals surface area contributed by atoms with Gasteiger partial charge in [-0.2, -0.15) is 0 Å². The Kier molecular flexibility index (Phi) is 2.96. The third-order valence-corrected chi connectivity index (χ3v) is 7.99. The highest BCUT2D eigenvalue weighted by Crippen LogP contribution is 2.64. The van der Waals surface area contributed by atoms with Crippen LogP contribution in [0.3, 0.4) is 0 Å². The van der Waals surface area contributed by atoms with E-state index >= 15 is 0 Å². The second kappa shape index (κ2) is 4.44. The van der Waals surface area contributed by atoms with Crippen molar-refractivity contribution in [1.82, 2.24) is 0 Å². The van der Waals surface area contributed by atoms with E-state index in [2.05, 4.69) is 19.9 Å². The summed E-state index contributed by atoms with van der Waals surface area (Å²) in [6, 6.07) is 0. The van der Waals surface area contributed by atoms with E-state index in [0.717, 1.165) is 24.7 Å². The van der Waals surface area contributed by atoms with Gasteiger partial charge in [-0.05, 0) is 79.1 Å². The van der Waals surface area contributed by atoms with Crippen LogP contribution in [0.4, 0.5) is 0 Å². The molecule has 2 nitrogen and oxygen atoms in total. The SMILES string of the molecule is C[C@]12C=CC(=O)CC1CC[C@@H]1[C@H]2CC[C@]2(C)C(O)CC[C@@H]12. The van der Waals surface area contributed by atoms with Crippen LogP contribution in [-0.2, 0) is 4.79 Å². The zero-order valence-corrected chi connectivity index (χ0v) is 13.3. The number of hydrogen-bond donors (Lipinski definition) is 1. The zero-order valence-electron chi connectivity index (χ0n) is 13.3. The summed E-state index contributed by atoms with van der Waals surface area (Å²) in [6.07, 6.45) is 11.9. The maximum Gasteiger partial charge on any atom is 0.155 e. The topological polar surface area (TPSA) is 37.3 Å². The molecule has 4 aliphatic carbocycles. The van der Waals surface area contributed by atoms with Crippen molar-refractivity contribution in [3.05, 3.63) is 12.2 Å². The molecule has 0 aromatic carbocycles. The average molecular weight is 288 g/mol. The van der Waals surface area contributed by atoms with Crippen molar-refractivity contribution in [1.29, 1.82) is 0 Å². The Balaban J connectivity index is 1.68. The van der Waals surface area contributed by atoms with Gasteiger partial charge in [0.15, 0.2) is 5.78 Å². The monoisotopic (exact) mass is 288 g/mol. The fourth-order valence-corrected chi connectivity index (χ4v) is 6.61. The third kappa shape index (κ3) is 1.78. The zero-order chi connectivity index (χ0) is 14.8. The van der Waals surface area contributed by atoms with Crippen molar-refractivity contribution in [3.8, 4) is 0 Å². The Morgan fingerprint density at radius 3 is 2.71 bits per heavy atom. The van der Waals surface area contributed by atoms with Crippen LogP contribution >= 0.6 is 0 Å². The van der Waals surface area contributed by atoms with Gasteiger partial charge in [-0.1, -0.05) is 19.9 Å². The van der Waals surface area contributed by atoms with E-state index in [1.165, 1.54) is 32.1 Å². The molecule has 21 heavy (non-hydrogen) atoms. The fourth-order valence-electron chi connectivity index (χ4n) is 6.61. The van der Waals surface area contributed by atoms with E-state index < -0.39 is 0 Å². The van der Waals surface area contributed by atoms with Gasteiger partial charge < -0.3 is 5.11 Å². The molecule has 116 valence electrons. The third-order valence-electron chi connectivity index (χ3n) is 7.99. The minimum absolute atomic E-state index is 0.0857. The minimum atomic E-state index is -0.0857. The fraction of sp³-hybridized carbons (Fsp3) is 0.842. The standard InChI is InChI=1S/C19H28O2/c1-18-9-7-13(20)11-12(18)3-4-14-15-5-6-17(21)19(15,2)10-8-16(14)18/h7,9,12,14-17,21H,3-6,8,10-11H2,1-2H3/t12?,14-,15-,16+,17?,18-,19-/m0/s1. The first kappa shape index (κ1) is 14.0. The average Bonchev–Trinajstić information content (AvgIpc) is 2.76. The number of carbonyl (C=O) groups excluding carboxylic acids is 1. The molecule has 1 N–H and O–H groups in total. The van der Waals surface area contributed by atoms with Crippen molar-refractivity contribution < 1.29 is 9.90 Å². The quantitative estimate of drug-likeness (QED) is 0.737. The van der Waals surface area contributed by atoms with E-state index in [1.54, 1.807) is 0 Å². The molecule has 3 fully saturated rings. The lowest BCUT2D eigenvalue weighted by atomic mass is 9.46. The molecule has 0 aromatic rings. The maximum atomic E-state index is 11.8. The van der Waals surface area contributed by atoms with Gasteiger partial charge in [0, 0.05) is 6.42 Å². The maximum absolute atomic E-state index is 11.8. The highest BCUT2D eigenvalue weighted by atomic mass is 16.3. The summed E-state index contributed by atoms with van der Waals surface area (Å²) in [5.41, 5.74) is 0.393. The summed E-state index contributed by atoms with van der Waals surface area (Å²) in [5.74, 6) is 3.08. The van der Waals surface area contributed by atoms with Gasteiger partial charge in [0.1, 0.15) is 0 Å². The lowest BCUT2D eigenvalue weighted by Crippen LogP contribution is -2.52. The van der Waals surface area contributed by atoms with Crippen LogP contribution in [0.5, 0.6) is 0 Å². The summed E-state index contributed by atoms with van der Waals surface area (Å²) in [6.45, 7) is 4.74. The van der Waals surface area contributed by atoms with Gasteiger partial charge in [-0.15, -0.1) is 0 Å². The minimum Gasteiger partial charge on any atom is -0.393 e. The number of aliphatic hydroxyl groups excluding tert-OH is 1. The van der Waals surface area contributed by atoms with Gasteiger partial charge in [-0.25, -0.2) is 0 Å². The van der Waals surface area contributed by atoms with Crippen LogP contribution in [0.25, 0.3) is 0 Å². The molecule has 4 rings (SSSR count). The predicted octanol–water partition coefficient (Wildman–Crippen LogP) is 3.74. The molecular weight excluding hydrogens is 260 g/mol. The van der Waals surface area contributed by atoms with Crippen molar-refractivity contribution >= 4 is 5.78 Å².